The van der Waals surface area contributed by atoms with Crippen LogP contribution >= 0.6 is 34.2 Å². The van der Waals surface area contributed by atoms with Crippen LogP contribution in [0.3, 0.4) is 0 Å². The maximum Gasteiger partial charge on any atom is 0.314 e. The van der Waals surface area contributed by atoms with E-state index in [0.717, 1.165) is 11.1 Å². The third-order valence-corrected chi connectivity index (χ3v) is 5.62. The number of hydrogen-bond donors (Lipinski definition) is 0. The summed E-state index contributed by atoms with van der Waals surface area (Å²) >= 11 is 8.36. The molecule has 0 fully saturated rings. The molecular weight excluding hydrogens is 411 g/mol. The quantitative estimate of drug-likeness (QED) is 0.286. The van der Waals surface area contributed by atoms with Crippen LogP contribution in [0.1, 0.15) is 38.7 Å². The van der Waals surface area contributed by atoms with E-state index in [2.05, 4.69) is 40.8 Å². The number of ether oxygens (including phenoxy) is 1. The number of alkyl halides is 2. The zero-order valence-corrected chi connectivity index (χ0v) is 16.1. The number of esters is 1. The van der Waals surface area contributed by atoms with E-state index in [-0.39, 0.29) is 11.9 Å². The minimum Gasteiger partial charge on any atom is -0.459 e. The van der Waals surface area contributed by atoms with Gasteiger partial charge >= 0.3 is 5.97 Å². The van der Waals surface area contributed by atoms with Gasteiger partial charge in [-0.15, -0.1) is 11.6 Å². The minimum absolute atomic E-state index is 0.0224. The van der Waals surface area contributed by atoms with E-state index in [9.17, 15) is 4.79 Å². The van der Waals surface area contributed by atoms with Crippen molar-refractivity contribution in [2.24, 2.45) is 5.41 Å². The lowest BCUT2D eigenvalue weighted by Gasteiger charge is -2.35. The molecule has 0 spiro atoms. The monoisotopic (exact) mass is 432 g/mol. The highest BCUT2D eigenvalue weighted by Crippen LogP contribution is 2.51. The van der Waals surface area contributed by atoms with Gasteiger partial charge in [-0.3, -0.25) is 4.79 Å². The van der Waals surface area contributed by atoms with Crippen molar-refractivity contribution < 1.29 is 9.53 Å². The predicted molar refractivity (Wildman–Crippen MR) is 99.8 cm³/mol. The average molecular weight is 433 g/mol. The molecule has 0 heterocycles. The molecule has 2 nitrogen and oxygen atoms in total. The normalized spacial score (nSPS) is 25.0. The van der Waals surface area contributed by atoms with Crippen molar-refractivity contribution in [2.45, 2.75) is 38.7 Å². The smallest absolute Gasteiger partial charge is 0.314 e. The molecule has 0 saturated heterocycles. The van der Waals surface area contributed by atoms with Gasteiger partial charge in [0, 0.05) is 16.2 Å². The first-order valence-corrected chi connectivity index (χ1v) is 9.48. The first kappa shape index (κ1) is 17.8. The van der Waals surface area contributed by atoms with Crippen LogP contribution in [0.4, 0.5) is 0 Å². The first-order valence-electron chi connectivity index (χ1n) is 7.42. The molecule has 1 aliphatic rings. The number of hydrogen-bond acceptors (Lipinski definition) is 2. The van der Waals surface area contributed by atoms with E-state index in [4.69, 9.17) is 16.3 Å². The second-order valence-electron chi connectivity index (χ2n) is 6.82. The molecule has 4 heteroatoms. The molecule has 0 unspecified atom stereocenters. The summed E-state index contributed by atoms with van der Waals surface area (Å²) in [6.45, 7) is 5.73. The Morgan fingerprint density at radius 2 is 2.00 bits per heavy atom. The second-order valence-corrected chi connectivity index (χ2v) is 7.85. The summed E-state index contributed by atoms with van der Waals surface area (Å²) < 4.78 is 6.44. The van der Waals surface area contributed by atoms with Crippen LogP contribution in [0.25, 0.3) is 0 Å². The zero-order valence-electron chi connectivity index (χ0n) is 13.2. The van der Waals surface area contributed by atoms with E-state index in [1.165, 1.54) is 0 Å². The molecule has 120 valence electrons. The summed E-state index contributed by atoms with van der Waals surface area (Å²) in [4.78, 5) is 13.0. The van der Waals surface area contributed by atoms with Crippen molar-refractivity contribution in [1.29, 1.82) is 0 Å². The maximum atomic E-state index is 13.0. The van der Waals surface area contributed by atoms with Crippen LogP contribution in [0, 0.1) is 5.41 Å². The number of benzene rings is 1. The van der Waals surface area contributed by atoms with Crippen LogP contribution in [-0.4, -0.2) is 21.9 Å². The van der Waals surface area contributed by atoms with E-state index in [1.807, 2.05) is 39.0 Å². The summed E-state index contributed by atoms with van der Waals surface area (Å²) in [5.74, 6) is 0.360. The van der Waals surface area contributed by atoms with Crippen molar-refractivity contribution in [1.82, 2.24) is 0 Å². The SMILES string of the molecule is CC(C)(C)OC(=O)[C@]1(CI)CC(CCl)=C[C@H]1c1ccccc1. The fourth-order valence-corrected chi connectivity index (χ4v) is 4.14. The molecule has 0 radical (unpaired) electrons. The molecule has 0 aliphatic heterocycles. The van der Waals surface area contributed by atoms with Crippen molar-refractivity contribution in [3.05, 3.63) is 47.5 Å². The van der Waals surface area contributed by atoms with E-state index >= 15 is 0 Å². The Kier molecular flexibility index (Phi) is 5.59. The summed E-state index contributed by atoms with van der Waals surface area (Å²) in [6, 6.07) is 10.2. The summed E-state index contributed by atoms with van der Waals surface area (Å²) in [5.41, 5.74) is 1.23. The lowest BCUT2D eigenvalue weighted by Crippen LogP contribution is -2.41. The molecule has 22 heavy (non-hydrogen) atoms. The Balaban J connectivity index is 2.42. The number of halogens is 2. The molecule has 2 atom stereocenters. The van der Waals surface area contributed by atoms with Gasteiger partial charge in [-0.25, -0.2) is 0 Å². The van der Waals surface area contributed by atoms with Crippen LogP contribution < -0.4 is 0 Å². The van der Waals surface area contributed by atoms with Gasteiger partial charge in [-0.05, 0) is 32.8 Å². The van der Waals surface area contributed by atoms with Gasteiger partial charge in [-0.2, -0.15) is 0 Å². The third kappa shape index (κ3) is 3.67. The standard InChI is InChI=1S/C18H22ClIO2/c1-17(2,3)22-16(21)18(12-20)10-13(11-19)9-15(18)14-7-5-4-6-8-14/h4-9,15H,10-12H2,1-3H3/t15-,18-/m0/s1. The van der Waals surface area contributed by atoms with Crippen molar-refractivity contribution in [3.63, 3.8) is 0 Å². The molecule has 1 aromatic rings. The molecule has 1 aliphatic carbocycles. The molecule has 0 N–H and O–H groups in total. The minimum atomic E-state index is -0.556. The Morgan fingerprint density at radius 1 is 1.36 bits per heavy atom. The Morgan fingerprint density at radius 3 is 2.50 bits per heavy atom. The largest absolute Gasteiger partial charge is 0.459 e. The van der Waals surface area contributed by atoms with Gasteiger partial charge in [0.25, 0.3) is 0 Å². The Hall–Kier alpha value is -0.550. The topological polar surface area (TPSA) is 26.3 Å². The number of carbonyl (C=O) groups excluding carboxylic acids is 1. The fourth-order valence-electron chi connectivity index (χ4n) is 2.90. The second kappa shape index (κ2) is 6.91. The average Bonchev–Trinajstić information content (AvgIpc) is 2.86. The first-order chi connectivity index (χ1) is 10.3. The van der Waals surface area contributed by atoms with Gasteiger partial charge < -0.3 is 4.74 Å². The molecule has 0 amide bonds. The fraction of sp³-hybridized carbons (Fsp3) is 0.500. The summed E-state index contributed by atoms with van der Waals surface area (Å²) in [5, 5.41) is 0. The van der Waals surface area contributed by atoms with Crippen molar-refractivity contribution in [2.75, 3.05) is 10.3 Å². The van der Waals surface area contributed by atoms with Gasteiger partial charge in [0.2, 0.25) is 0 Å². The van der Waals surface area contributed by atoms with Gasteiger partial charge in [0.1, 0.15) is 5.60 Å². The van der Waals surface area contributed by atoms with E-state index in [0.29, 0.717) is 16.7 Å². The molecule has 2 rings (SSSR count). The molecule has 0 bridgehead atoms. The lowest BCUT2D eigenvalue weighted by molar-refractivity contribution is -0.166. The van der Waals surface area contributed by atoms with E-state index < -0.39 is 11.0 Å². The predicted octanol–water partition coefficient (Wildman–Crippen LogP) is 5.10. The molecular formula is C18H22ClIO2. The third-order valence-electron chi connectivity index (χ3n) is 3.91. The number of carbonyl (C=O) groups is 1. The highest BCUT2D eigenvalue weighted by molar-refractivity contribution is 14.1. The van der Waals surface area contributed by atoms with Gasteiger partial charge in [-0.1, -0.05) is 64.6 Å². The zero-order chi connectivity index (χ0) is 16.4. The summed E-state index contributed by atoms with van der Waals surface area (Å²) in [6.07, 6.45) is 2.83. The van der Waals surface area contributed by atoms with E-state index in [1.54, 1.807) is 0 Å². The van der Waals surface area contributed by atoms with Gasteiger partial charge in [0.05, 0.1) is 5.41 Å². The Bertz CT molecular complexity index is 562. The van der Waals surface area contributed by atoms with Crippen LogP contribution in [0.15, 0.2) is 42.0 Å². The van der Waals surface area contributed by atoms with Crippen molar-refractivity contribution in [3.8, 4) is 0 Å². The summed E-state index contributed by atoms with van der Waals surface area (Å²) in [7, 11) is 0. The van der Waals surface area contributed by atoms with Crippen LogP contribution in [-0.2, 0) is 9.53 Å². The van der Waals surface area contributed by atoms with Crippen molar-refractivity contribution >= 4 is 40.2 Å². The Labute approximate surface area is 151 Å². The van der Waals surface area contributed by atoms with Crippen LogP contribution in [0.2, 0.25) is 0 Å². The maximum absolute atomic E-state index is 13.0. The highest BCUT2D eigenvalue weighted by atomic mass is 127. The molecule has 0 aromatic heterocycles. The molecule has 1 aromatic carbocycles. The number of rotatable bonds is 4. The highest BCUT2D eigenvalue weighted by Gasteiger charge is 2.50. The number of allylic oxidation sites excluding steroid dienone is 2. The molecule has 0 saturated carbocycles. The lowest BCUT2D eigenvalue weighted by atomic mass is 9.75. The van der Waals surface area contributed by atoms with Gasteiger partial charge in [0.15, 0.2) is 0 Å². The van der Waals surface area contributed by atoms with Crippen LogP contribution in [0.5, 0.6) is 0 Å².